The van der Waals surface area contributed by atoms with Crippen LogP contribution in [0.2, 0.25) is 0 Å². The molecule has 2 unspecified atom stereocenters. The minimum atomic E-state index is 0.334. The van der Waals surface area contributed by atoms with Gasteiger partial charge in [-0.1, -0.05) is 41.4 Å². The maximum Gasteiger partial charge on any atom is 0.191 e. The summed E-state index contributed by atoms with van der Waals surface area (Å²) in [5, 5.41) is 11.3. The first-order valence-electron chi connectivity index (χ1n) is 9.26. The van der Waals surface area contributed by atoms with E-state index in [2.05, 4.69) is 72.8 Å². The molecule has 0 spiro atoms. The number of guanidine groups is 1. The van der Waals surface area contributed by atoms with E-state index < -0.39 is 0 Å². The fraction of sp³-hybridized carbons (Fsp3) is 0.526. The van der Waals surface area contributed by atoms with Crippen molar-refractivity contribution < 1.29 is 0 Å². The van der Waals surface area contributed by atoms with Crippen LogP contribution in [0.15, 0.2) is 40.1 Å². The molecule has 0 radical (unpaired) electrons. The number of nitrogens with zero attached hydrogens (tertiary/aromatic N) is 4. The molecular formula is C19H27BrN6. The van der Waals surface area contributed by atoms with E-state index in [-0.39, 0.29) is 0 Å². The van der Waals surface area contributed by atoms with Crippen LogP contribution in [0.1, 0.15) is 31.2 Å². The lowest BCUT2D eigenvalue weighted by atomic mass is 9.97. The Bertz CT molecular complexity index is 741. The van der Waals surface area contributed by atoms with Gasteiger partial charge in [-0.3, -0.25) is 4.99 Å². The van der Waals surface area contributed by atoms with E-state index in [0.29, 0.717) is 12.0 Å². The van der Waals surface area contributed by atoms with Gasteiger partial charge < -0.3 is 10.6 Å². The topological polar surface area (TPSA) is 67.1 Å². The molecule has 140 valence electrons. The SMILES string of the molecule is CCC(CNC(=NC)NC1CCc2ncnn2C1)Cc1cccc(Br)c1. The Balaban J connectivity index is 1.50. The van der Waals surface area contributed by atoms with Crippen LogP contribution in [-0.4, -0.2) is 40.4 Å². The monoisotopic (exact) mass is 418 g/mol. The van der Waals surface area contributed by atoms with Crippen LogP contribution in [0, 0.1) is 5.92 Å². The summed E-state index contributed by atoms with van der Waals surface area (Å²) >= 11 is 3.56. The van der Waals surface area contributed by atoms with Gasteiger partial charge in [-0.15, -0.1) is 0 Å². The standard InChI is InChI=1S/C19H27BrN6/c1-3-14(9-15-5-4-6-16(20)10-15)11-22-19(21-2)25-17-7-8-18-23-13-24-26(18)12-17/h4-6,10,13-14,17H,3,7-9,11-12H2,1-2H3,(H2,21,22,25). The second-order valence-electron chi connectivity index (χ2n) is 6.80. The second kappa shape index (κ2) is 9.16. The Hall–Kier alpha value is -1.89. The molecular weight excluding hydrogens is 392 g/mol. The summed E-state index contributed by atoms with van der Waals surface area (Å²) in [6, 6.07) is 8.90. The van der Waals surface area contributed by atoms with Crippen molar-refractivity contribution in [1.29, 1.82) is 0 Å². The number of halogens is 1. The summed E-state index contributed by atoms with van der Waals surface area (Å²) in [5.74, 6) is 2.51. The lowest BCUT2D eigenvalue weighted by Gasteiger charge is -2.26. The Morgan fingerprint density at radius 1 is 1.46 bits per heavy atom. The Kier molecular flexibility index (Phi) is 6.66. The summed E-state index contributed by atoms with van der Waals surface area (Å²) in [7, 11) is 1.83. The van der Waals surface area contributed by atoms with Crippen LogP contribution < -0.4 is 10.6 Å². The lowest BCUT2D eigenvalue weighted by molar-refractivity contribution is 0.390. The number of hydrogen-bond acceptors (Lipinski definition) is 3. The average Bonchev–Trinajstić information content (AvgIpc) is 3.11. The highest BCUT2D eigenvalue weighted by atomic mass is 79.9. The van der Waals surface area contributed by atoms with Gasteiger partial charge in [0.25, 0.3) is 0 Å². The average molecular weight is 419 g/mol. The summed E-state index contributed by atoms with van der Waals surface area (Å²) in [5.41, 5.74) is 1.36. The van der Waals surface area contributed by atoms with E-state index in [9.17, 15) is 0 Å². The quantitative estimate of drug-likeness (QED) is 0.558. The Morgan fingerprint density at radius 2 is 2.35 bits per heavy atom. The van der Waals surface area contributed by atoms with Crippen LogP contribution in [0.3, 0.4) is 0 Å². The first kappa shape index (κ1) is 18.9. The van der Waals surface area contributed by atoms with E-state index in [0.717, 1.165) is 55.0 Å². The van der Waals surface area contributed by atoms with E-state index in [1.165, 1.54) is 5.56 Å². The van der Waals surface area contributed by atoms with Crippen LogP contribution in [-0.2, 0) is 19.4 Å². The molecule has 26 heavy (non-hydrogen) atoms. The first-order valence-corrected chi connectivity index (χ1v) is 10.1. The smallest absolute Gasteiger partial charge is 0.191 e. The minimum Gasteiger partial charge on any atom is -0.356 e. The molecule has 0 saturated carbocycles. The zero-order valence-corrected chi connectivity index (χ0v) is 17.0. The Morgan fingerprint density at radius 3 is 3.12 bits per heavy atom. The number of aryl methyl sites for hydroxylation is 1. The molecule has 0 aliphatic carbocycles. The van der Waals surface area contributed by atoms with Crippen molar-refractivity contribution >= 4 is 21.9 Å². The summed E-state index contributed by atoms with van der Waals surface area (Å²) in [6.45, 7) is 3.99. The molecule has 2 atom stereocenters. The number of fused-ring (bicyclic) bond motifs is 1. The van der Waals surface area contributed by atoms with Crippen molar-refractivity contribution in [2.75, 3.05) is 13.6 Å². The molecule has 1 aromatic carbocycles. The van der Waals surface area contributed by atoms with Crippen molar-refractivity contribution in [3.63, 3.8) is 0 Å². The van der Waals surface area contributed by atoms with E-state index in [1.807, 2.05) is 11.7 Å². The van der Waals surface area contributed by atoms with Crippen molar-refractivity contribution in [2.24, 2.45) is 10.9 Å². The normalized spacial score (nSPS) is 18.3. The van der Waals surface area contributed by atoms with E-state index in [4.69, 9.17) is 0 Å². The number of hydrogen-bond donors (Lipinski definition) is 2. The van der Waals surface area contributed by atoms with Gasteiger partial charge in [0.2, 0.25) is 0 Å². The fourth-order valence-electron chi connectivity index (χ4n) is 3.34. The number of aromatic nitrogens is 3. The highest BCUT2D eigenvalue weighted by Crippen LogP contribution is 2.16. The molecule has 3 rings (SSSR count). The van der Waals surface area contributed by atoms with Crippen molar-refractivity contribution in [3.05, 3.63) is 46.5 Å². The van der Waals surface area contributed by atoms with Crippen molar-refractivity contribution in [2.45, 2.75) is 45.2 Å². The van der Waals surface area contributed by atoms with Gasteiger partial charge in [-0.25, -0.2) is 9.67 Å². The summed E-state index contributed by atoms with van der Waals surface area (Å²) in [4.78, 5) is 8.68. The second-order valence-corrected chi connectivity index (χ2v) is 7.72. The van der Waals surface area contributed by atoms with Gasteiger partial charge in [0, 0.05) is 30.5 Å². The summed E-state index contributed by atoms with van der Waals surface area (Å²) < 4.78 is 3.12. The molecule has 2 N–H and O–H groups in total. The van der Waals surface area contributed by atoms with Gasteiger partial charge in [-0.05, 0) is 36.5 Å². The predicted molar refractivity (Wildman–Crippen MR) is 108 cm³/mol. The maximum absolute atomic E-state index is 4.39. The van der Waals surface area contributed by atoms with Gasteiger partial charge in [0.1, 0.15) is 12.2 Å². The van der Waals surface area contributed by atoms with E-state index >= 15 is 0 Å². The van der Waals surface area contributed by atoms with Crippen molar-refractivity contribution in [3.8, 4) is 0 Å². The molecule has 2 heterocycles. The number of benzene rings is 1. The number of nitrogens with one attached hydrogen (secondary N) is 2. The van der Waals surface area contributed by atoms with Gasteiger partial charge in [-0.2, -0.15) is 5.10 Å². The molecule has 0 saturated heterocycles. The predicted octanol–water partition coefficient (Wildman–Crippen LogP) is 2.79. The van der Waals surface area contributed by atoms with E-state index in [1.54, 1.807) is 6.33 Å². The zero-order chi connectivity index (χ0) is 18.4. The minimum absolute atomic E-state index is 0.334. The molecule has 0 amide bonds. The highest BCUT2D eigenvalue weighted by Gasteiger charge is 2.20. The van der Waals surface area contributed by atoms with Crippen molar-refractivity contribution in [1.82, 2.24) is 25.4 Å². The molecule has 1 aliphatic heterocycles. The van der Waals surface area contributed by atoms with Crippen LogP contribution in [0.25, 0.3) is 0 Å². The first-order chi connectivity index (χ1) is 12.7. The summed E-state index contributed by atoms with van der Waals surface area (Å²) in [6.07, 6.45) is 5.83. The third-order valence-electron chi connectivity index (χ3n) is 4.92. The Labute approximate surface area is 163 Å². The number of aliphatic imine (C=N–C) groups is 1. The maximum atomic E-state index is 4.39. The fourth-order valence-corrected chi connectivity index (χ4v) is 3.79. The van der Waals surface area contributed by atoms with Crippen LogP contribution >= 0.6 is 15.9 Å². The largest absolute Gasteiger partial charge is 0.356 e. The van der Waals surface area contributed by atoms with Gasteiger partial charge in [0.05, 0.1) is 6.54 Å². The molecule has 6 nitrogen and oxygen atoms in total. The van der Waals surface area contributed by atoms with Gasteiger partial charge in [0.15, 0.2) is 5.96 Å². The molecule has 0 bridgehead atoms. The molecule has 7 heteroatoms. The third kappa shape index (κ3) is 5.06. The number of rotatable bonds is 6. The van der Waals surface area contributed by atoms with Crippen LogP contribution in [0.4, 0.5) is 0 Å². The third-order valence-corrected chi connectivity index (χ3v) is 5.41. The highest BCUT2D eigenvalue weighted by molar-refractivity contribution is 9.10. The lowest BCUT2D eigenvalue weighted by Crippen LogP contribution is -2.48. The zero-order valence-electron chi connectivity index (χ0n) is 15.5. The van der Waals surface area contributed by atoms with Gasteiger partial charge >= 0.3 is 0 Å². The van der Waals surface area contributed by atoms with Crippen LogP contribution in [0.5, 0.6) is 0 Å². The molecule has 1 aromatic heterocycles. The molecule has 1 aliphatic rings. The molecule has 0 fully saturated rings. The molecule has 2 aromatic rings.